The number of hydrogen-bond donors (Lipinski definition) is 0. The van der Waals surface area contributed by atoms with Crippen molar-refractivity contribution in [2.75, 3.05) is 11.9 Å². The third-order valence-electron chi connectivity index (χ3n) is 3.75. The van der Waals surface area contributed by atoms with Gasteiger partial charge < -0.3 is 9.64 Å². The Morgan fingerprint density at radius 3 is 2.16 bits per heavy atom. The number of carbonyl (C=O) groups excluding carboxylic acids is 1. The topological polar surface area (TPSA) is 29.5 Å². The van der Waals surface area contributed by atoms with Gasteiger partial charge in [0.2, 0.25) is 0 Å². The van der Waals surface area contributed by atoms with Gasteiger partial charge in [-0.2, -0.15) is 0 Å². The number of alkyl halides is 1. The standard InChI is InChI=1S/C20H31BrClNO2/c1-20(2,3)25-19(24)23(15-9-7-5-4-6-8-14-21)16-17-10-12-18(22)13-11-17/h10-13H,4-9,14-16H2,1-3H3. The van der Waals surface area contributed by atoms with Crippen LogP contribution < -0.4 is 0 Å². The van der Waals surface area contributed by atoms with Gasteiger partial charge in [-0.15, -0.1) is 0 Å². The molecule has 0 saturated carbocycles. The van der Waals surface area contributed by atoms with Crippen molar-refractivity contribution in [3.05, 3.63) is 34.9 Å². The van der Waals surface area contributed by atoms with Crippen molar-refractivity contribution in [1.82, 2.24) is 4.90 Å². The number of benzene rings is 1. The number of halogens is 2. The molecule has 0 aliphatic carbocycles. The van der Waals surface area contributed by atoms with Crippen molar-refractivity contribution in [2.45, 2.75) is 71.4 Å². The minimum absolute atomic E-state index is 0.248. The minimum atomic E-state index is -0.481. The van der Waals surface area contributed by atoms with Crippen molar-refractivity contribution in [3.8, 4) is 0 Å². The predicted molar refractivity (Wildman–Crippen MR) is 110 cm³/mol. The smallest absolute Gasteiger partial charge is 0.410 e. The van der Waals surface area contributed by atoms with E-state index in [1.165, 1.54) is 25.7 Å². The maximum atomic E-state index is 12.5. The van der Waals surface area contributed by atoms with Crippen LogP contribution in [0.1, 0.15) is 64.9 Å². The van der Waals surface area contributed by atoms with Crippen molar-refractivity contribution in [1.29, 1.82) is 0 Å². The molecule has 1 aromatic rings. The third-order valence-corrected chi connectivity index (χ3v) is 4.56. The summed E-state index contributed by atoms with van der Waals surface area (Å²) in [5.41, 5.74) is 0.581. The van der Waals surface area contributed by atoms with E-state index in [9.17, 15) is 4.79 Å². The fraction of sp³-hybridized carbons (Fsp3) is 0.650. The molecule has 0 bridgehead atoms. The second-order valence-corrected chi connectivity index (χ2v) is 8.57. The first-order chi connectivity index (χ1) is 11.8. The van der Waals surface area contributed by atoms with Crippen molar-refractivity contribution in [3.63, 3.8) is 0 Å². The van der Waals surface area contributed by atoms with Gasteiger partial charge in [-0.25, -0.2) is 4.79 Å². The molecule has 0 N–H and O–H groups in total. The Labute approximate surface area is 166 Å². The molecule has 5 heteroatoms. The number of amides is 1. The van der Waals surface area contributed by atoms with Crippen LogP contribution in [-0.4, -0.2) is 28.5 Å². The Balaban J connectivity index is 2.52. The zero-order valence-corrected chi connectivity index (χ0v) is 18.0. The Kier molecular flexibility index (Phi) is 10.5. The van der Waals surface area contributed by atoms with Gasteiger partial charge in [-0.1, -0.05) is 65.3 Å². The molecule has 0 aromatic heterocycles. The second kappa shape index (κ2) is 11.8. The summed E-state index contributed by atoms with van der Waals surface area (Å²) in [6.45, 7) is 6.96. The SMILES string of the molecule is CC(C)(C)OC(=O)N(CCCCCCCCBr)Cc1ccc(Cl)cc1. The molecule has 0 atom stereocenters. The number of carbonyl (C=O) groups is 1. The largest absolute Gasteiger partial charge is 0.444 e. The van der Waals surface area contributed by atoms with Crippen LogP contribution in [0.15, 0.2) is 24.3 Å². The Bertz CT molecular complexity index is 499. The molecule has 0 saturated heterocycles. The highest BCUT2D eigenvalue weighted by Gasteiger charge is 2.22. The molecule has 0 radical (unpaired) electrons. The number of rotatable bonds is 10. The summed E-state index contributed by atoms with van der Waals surface area (Å²) in [6.07, 6.45) is 6.88. The summed E-state index contributed by atoms with van der Waals surface area (Å²) < 4.78 is 5.56. The van der Waals surface area contributed by atoms with Crippen molar-refractivity contribution < 1.29 is 9.53 Å². The van der Waals surface area contributed by atoms with Gasteiger partial charge in [-0.05, 0) is 51.3 Å². The van der Waals surface area contributed by atoms with Gasteiger partial charge in [0.1, 0.15) is 5.60 Å². The summed E-state index contributed by atoms with van der Waals surface area (Å²) >= 11 is 9.40. The van der Waals surface area contributed by atoms with Crippen molar-refractivity contribution in [2.24, 2.45) is 0 Å². The molecule has 0 heterocycles. The van der Waals surface area contributed by atoms with Crippen LogP contribution in [0.5, 0.6) is 0 Å². The lowest BCUT2D eigenvalue weighted by Crippen LogP contribution is -2.37. The molecular formula is C20H31BrClNO2. The molecule has 0 aliphatic rings. The maximum Gasteiger partial charge on any atom is 0.410 e. The highest BCUT2D eigenvalue weighted by atomic mass is 79.9. The summed E-state index contributed by atoms with van der Waals surface area (Å²) in [5, 5.41) is 1.79. The predicted octanol–water partition coefficient (Wildman–Crippen LogP) is 6.81. The van der Waals surface area contributed by atoms with Gasteiger partial charge in [0.05, 0.1) is 0 Å². The average Bonchev–Trinajstić information content (AvgIpc) is 2.53. The van der Waals surface area contributed by atoms with Crippen LogP contribution in [-0.2, 0) is 11.3 Å². The zero-order chi connectivity index (χ0) is 18.7. The first-order valence-electron chi connectivity index (χ1n) is 9.10. The average molecular weight is 433 g/mol. The minimum Gasteiger partial charge on any atom is -0.444 e. The molecule has 0 fully saturated rings. The Hall–Kier alpha value is -0.740. The van der Waals surface area contributed by atoms with Gasteiger partial charge in [0, 0.05) is 23.4 Å². The lowest BCUT2D eigenvalue weighted by molar-refractivity contribution is 0.0230. The van der Waals surface area contributed by atoms with Gasteiger partial charge in [0.25, 0.3) is 0 Å². The lowest BCUT2D eigenvalue weighted by Gasteiger charge is -2.27. The molecule has 1 rings (SSSR count). The number of unbranched alkanes of at least 4 members (excludes halogenated alkanes) is 5. The summed E-state index contributed by atoms with van der Waals surface area (Å²) in [7, 11) is 0. The summed E-state index contributed by atoms with van der Waals surface area (Å²) in [5.74, 6) is 0. The van der Waals surface area contributed by atoms with Crippen LogP contribution in [0.2, 0.25) is 5.02 Å². The Morgan fingerprint density at radius 1 is 1.04 bits per heavy atom. The summed E-state index contributed by atoms with van der Waals surface area (Å²) in [4.78, 5) is 14.3. The van der Waals surface area contributed by atoms with E-state index in [0.717, 1.165) is 30.3 Å². The molecular weight excluding hydrogens is 402 g/mol. The first-order valence-corrected chi connectivity index (χ1v) is 10.6. The highest BCUT2D eigenvalue weighted by molar-refractivity contribution is 9.09. The second-order valence-electron chi connectivity index (χ2n) is 7.34. The molecule has 0 aliphatic heterocycles. The zero-order valence-electron chi connectivity index (χ0n) is 15.7. The van der Waals surface area contributed by atoms with Gasteiger partial charge in [0.15, 0.2) is 0 Å². The number of nitrogens with zero attached hydrogens (tertiary/aromatic N) is 1. The van der Waals surface area contributed by atoms with E-state index in [1.54, 1.807) is 4.90 Å². The van der Waals surface area contributed by atoms with E-state index in [1.807, 2.05) is 45.0 Å². The Morgan fingerprint density at radius 2 is 1.60 bits per heavy atom. The summed E-state index contributed by atoms with van der Waals surface area (Å²) in [6, 6.07) is 7.63. The van der Waals surface area contributed by atoms with Crippen LogP contribution in [0.25, 0.3) is 0 Å². The van der Waals surface area contributed by atoms with E-state index in [2.05, 4.69) is 15.9 Å². The van der Waals surface area contributed by atoms with E-state index in [4.69, 9.17) is 16.3 Å². The van der Waals surface area contributed by atoms with Crippen LogP contribution in [0.4, 0.5) is 4.79 Å². The molecule has 25 heavy (non-hydrogen) atoms. The molecule has 0 unspecified atom stereocenters. The van der Waals surface area contributed by atoms with E-state index >= 15 is 0 Å². The molecule has 0 spiro atoms. The monoisotopic (exact) mass is 431 g/mol. The molecule has 142 valence electrons. The number of hydrogen-bond acceptors (Lipinski definition) is 2. The first kappa shape index (κ1) is 22.3. The maximum absolute atomic E-state index is 12.5. The fourth-order valence-electron chi connectivity index (χ4n) is 2.48. The van der Waals surface area contributed by atoms with Crippen molar-refractivity contribution >= 4 is 33.6 Å². The van der Waals surface area contributed by atoms with Crippen LogP contribution in [0, 0.1) is 0 Å². The van der Waals surface area contributed by atoms with E-state index < -0.39 is 5.60 Å². The van der Waals surface area contributed by atoms with E-state index in [-0.39, 0.29) is 6.09 Å². The lowest BCUT2D eigenvalue weighted by atomic mass is 10.1. The molecule has 1 aromatic carbocycles. The quantitative estimate of drug-likeness (QED) is 0.300. The molecule has 1 amide bonds. The normalized spacial score (nSPS) is 11.4. The van der Waals surface area contributed by atoms with Gasteiger partial charge in [-0.3, -0.25) is 0 Å². The third kappa shape index (κ3) is 10.8. The van der Waals surface area contributed by atoms with Crippen LogP contribution in [0.3, 0.4) is 0 Å². The fourth-order valence-corrected chi connectivity index (χ4v) is 3.00. The van der Waals surface area contributed by atoms with E-state index in [0.29, 0.717) is 11.6 Å². The number of ether oxygens (including phenoxy) is 1. The molecule has 3 nitrogen and oxygen atoms in total. The van der Waals surface area contributed by atoms with Crippen LogP contribution >= 0.6 is 27.5 Å². The van der Waals surface area contributed by atoms with Gasteiger partial charge >= 0.3 is 6.09 Å². The highest BCUT2D eigenvalue weighted by Crippen LogP contribution is 2.16.